The topological polar surface area (TPSA) is 36.4 Å². The van der Waals surface area contributed by atoms with E-state index in [0.717, 1.165) is 17.9 Å². The molecule has 1 aromatic rings. The van der Waals surface area contributed by atoms with E-state index in [-0.39, 0.29) is 5.82 Å². The van der Waals surface area contributed by atoms with Crippen LogP contribution in [0.4, 0.5) is 4.39 Å². The molecule has 0 amide bonds. The van der Waals surface area contributed by atoms with Crippen molar-refractivity contribution in [2.45, 2.75) is 37.3 Å². The van der Waals surface area contributed by atoms with Crippen molar-refractivity contribution in [3.05, 3.63) is 35.6 Å². The molecule has 18 heavy (non-hydrogen) atoms. The molecule has 3 rings (SSSR count). The maximum Gasteiger partial charge on any atom is 0.191 e. The van der Waals surface area contributed by atoms with Crippen LogP contribution in [0, 0.1) is 5.82 Å². The number of hydrogen-bond acceptors (Lipinski definition) is 1. The molecule has 2 aliphatic carbocycles. The summed E-state index contributed by atoms with van der Waals surface area (Å²) in [6.07, 6.45) is 3.52. The van der Waals surface area contributed by atoms with E-state index in [2.05, 4.69) is 15.6 Å². The number of hydrogen-bond donors (Lipinski definition) is 2. The van der Waals surface area contributed by atoms with Crippen molar-refractivity contribution < 1.29 is 4.39 Å². The van der Waals surface area contributed by atoms with Crippen LogP contribution in [0.15, 0.2) is 29.3 Å². The van der Waals surface area contributed by atoms with Crippen molar-refractivity contribution in [1.82, 2.24) is 10.6 Å². The van der Waals surface area contributed by atoms with Gasteiger partial charge in [-0.1, -0.05) is 12.1 Å². The van der Waals surface area contributed by atoms with E-state index in [0.29, 0.717) is 18.0 Å². The van der Waals surface area contributed by atoms with Gasteiger partial charge in [-0.2, -0.15) is 0 Å². The molecule has 0 radical (unpaired) electrons. The minimum absolute atomic E-state index is 0.154. The van der Waals surface area contributed by atoms with Crippen LogP contribution >= 0.6 is 0 Å². The molecule has 0 aliphatic heterocycles. The summed E-state index contributed by atoms with van der Waals surface area (Å²) in [5, 5.41) is 6.76. The largest absolute Gasteiger partial charge is 0.354 e. The van der Waals surface area contributed by atoms with Crippen LogP contribution in [0.1, 0.15) is 30.7 Å². The number of nitrogens with zero attached hydrogens (tertiary/aromatic N) is 1. The lowest BCUT2D eigenvalue weighted by atomic mass is 10.1. The smallest absolute Gasteiger partial charge is 0.191 e. The first-order valence-electron chi connectivity index (χ1n) is 6.51. The predicted octanol–water partition coefficient (Wildman–Crippen LogP) is 2.01. The van der Waals surface area contributed by atoms with Gasteiger partial charge >= 0.3 is 0 Å². The van der Waals surface area contributed by atoms with Gasteiger partial charge in [0, 0.05) is 25.0 Å². The Morgan fingerprint density at radius 1 is 1.33 bits per heavy atom. The summed E-state index contributed by atoms with van der Waals surface area (Å²) in [6, 6.07) is 7.87. The lowest BCUT2D eigenvalue weighted by molar-refractivity contribution is 0.625. The number of nitrogens with one attached hydrogen (secondary N) is 2. The van der Waals surface area contributed by atoms with E-state index in [1.807, 2.05) is 6.07 Å². The summed E-state index contributed by atoms with van der Waals surface area (Å²) in [5.74, 6) is 1.14. The molecular weight excluding hydrogens is 229 g/mol. The zero-order valence-electron chi connectivity index (χ0n) is 10.5. The Hall–Kier alpha value is -1.58. The Bertz CT molecular complexity index is 468. The maximum atomic E-state index is 13.1. The van der Waals surface area contributed by atoms with Gasteiger partial charge in [0.25, 0.3) is 0 Å². The summed E-state index contributed by atoms with van der Waals surface area (Å²) in [5.41, 5.74) is 1.08. The minimum atomic E-state index is -0.154. The van der Waals surface area contributed by atoms with Crippen molar-refractivity contribution >= 4 is 5.96 Å². The molecule has 0 saturated heterocycles. The highest BCUT2D eigenvalue weighted by Crippen LogP contribution is 2.40. The van der Waals surface area contributed by atoms with Crippen molar-refractivity contribution in [2.24, 2.45) is 4.99 Å². The van der Waals surface area contributed by atoms with Crippen molar-refractivity contribution in [2.75, 3.05) is 7.05 Å². The van der Waals surface area contributed by atoms with Crippen LogP contribution in [0.3, 0.4) is 0 Å². The molecule has 3 nitrogen and oxygen atoms in total. The van der Waals surface area contributed by atoms with E-state index >= 15 is 0 Å². The summed E-state index contributed by atoms with van der Waals surface area (Å²) in [7, 11) is 1.79. The molecule has 2 saturated carbocycles. The van der Waals surface area contributed by atoms with Crippen LogP contribution in [0.5, 0.6) is 0 Å². The Kier molecular flexibility index (Phi) is 2.94. The lowest BCUT2D eigenvalue weighted by Crippen LogP contribution is -2.40. The molecule has 2 aliphatic rings. The first-order chi connectivity index (χ1) is 8.76. The van der Waals surface area contributed by atoms with Gasteiger partial charge < -0.3 is 10.6 Å². The zero-order valence-corrected chi connectivity index (χ0v) is 10.5. The molecule has 2 unspecified atom stereocenters. The van der Waals surface area contributed by atoms with Gasteiger partial charge in [-0.3, -0.25) is 4.99 Å². The SMILES string of the molecule is CN=C(NC1CC1)NC1CC1c1cccc(F)c1. The fraction of sp³-hybridized carbons (Fsp3) is 0.500. The number of rotatable bonds is 3. The second kappa shape index (κ2) is 4.59. The molecule has 2 fully saturated rings. The van der Waals surface area contributed by atoms with Crippen LogP contribution in [-0.2, 0) is 0 Å². The molecule has 1 aromatic carbocycles. The first-order valence-corrected chi connectivity index (χ1v) is 6.51. The van der Waals surface area contributed by atoms with E-state index in [4.69, 9.17) is 0 Å². The normalized spacial score (nSPS) is 26.9. The number of aliphatic imine (C=N–C) groups is 1. The van der Waals surface area contributed by atoms with E-state index in [1.165, 1.54) is 18.9 Å². The fourth-order valence-electron chi connectivity index (χ4n) is 2.23. The molecule has 0 heterocycles. The average Bonchev–Trinajstić information content (AvgIpc) is 3.24. The summed E-state index contributed by atoms with van der Waals surface area (Å²) >= 11 is 0. The van der Waals surface area contributed by atoms with Gasteiger partial charge in [0.1, 0.15) is 5.82 Å². The van der Waals surface area contributed by atoms with Gasteiger partial charge in [-0.15, -0.1) is 0 Å². The summed E-state index contributed by atoms with van der Waals surface area (Å²) in [6.45, 7) is 0. The standard InChI is InChI=1S/C14H18FN3/c1-16-14(17-11-5-6-11)18-13-8-12(13)9-3-2-4-10(15)7-9/h2-4,7,11-13H,5-6,8H2,1H3,(H2,16,17,18). The second-order valence-corrected chi connectivity index (χ2v) is 5.14. The third-order valence-electron chi connectivity index (χ3n) is 3.53. The van der Waals surface area contributed by atoms with Gasteiger partial charge in [0.15, 0.2) is 5.96 Å². The van der Waals surface area contributed by atoms with Crippen molar-refractivity contribution in [3.63, 3.8) is 0 Å². The van der Waals surface area contributed by atoms with Gasteiger partial charge in [-0.25, -0.2) is 4.39 Å². The molecule has 4 heteroatoms. The highest BCUT2D eigenvalue weighted by Gasteiger charge is 2.39. The van der Waals surface area contributed by atoms with Crippen molar-refractivity contribution in [3.8, 4) is 0 Å². The molecule has 2 N–H and O–H groups in total. The predicted molar refractivity (Wildman–Crippen MR) is 70.2 cm³/mol. The molecule has 96 valence electrons. The average molecular weight is 247 g/mol. The second-order valence-electron chi connectivity index (χ2n) is 5.14. The molecule has 2 atom stereocenters. The third kappa shape index (κ3) is 2.63. The highest BCUT2D eigenvalue weighted by molar-refractivity contribution is 5.81. The highest BCUT2D eigenvalue weighted by atomic mass is 19.1. The maximum absolute atomic E-state index is 13.1. The number of halogens is 1. The fourth-order valence-corrected chi connectivity index (χ4v) is 2.23. The summed E-state index contributed by atoms with van der Waals surface area (Å²) < 4.78 is 13.1. The third-order valence-corrected chi connectivity index (χ3v) is 3.53. The lowest BCUT2D eigenvalue weighted by Gasteiger charge is -2.10. The number of guanidine groups is 1. The van der Waals surface area contributed by atoms with Crippen LogP contribution < -0.4 is 10.6 Å². The minimum Gasteiger partial charge on any atom is -0.354 e. The van der Waals surface area contributed by atoms with E-state index < -0.39 is 0 Å². The summed E-state index contributed by atoms with van der Waals surface area (Å²) in [4.78, 5) is 4.21. The first kappa shape index (κ1) is 11.5. The monoisotopic (exact) mass is 247 g/mol. The van der Waals surface area contributed by atoms with Crippen LogP contribution in [0.2, 0.25) is 0 Å². The Morgan fingerprint density at radius 3 is 2.83 bits per heavy atom. The Balaban J connectivity index is 1.57. The zero-order chi connectivity index (χ0) is 12.5. The molecular formula is C14H18FN3. The Morgan fingerprint density at radius 2 is 2.17 bits per heavy atom. The van der Waals surface area contributed by atoms with Crippen LogP contribution in [-0.4, -0.2) is 25.1 Å². The molecule has 0 spiro atoms. The van der Waals surface area contributed by atoms with Gasteiger partial charge in [0.2, 0.25) is 0 Å². The van der Waals surface area contributed by atoms with Gasteiger partial charge in [-0.05, 0) is 37.0 Å². The van der Waals surface area contributed by atoms with Crippen molar-refractivity contribution in [1.29, 1.82) is 0 Å². The Labute approximate surface area is 106 Å². The van der Waals surface area contributed by atoms with Gasteiger partial charge in [0.05, 0.1) is 0 Å². The van der Waals surface area contributed by atoms with E-state index in [1.54, 1.807) is 19.2 Å². The van der Waals surface area contributed by atoms with E-state index in [9.17, 15) is 4.39 Å². The number of benzene rings is 1. The quantitative estimate of drug-likeness (QED) is 0.633. The molecule has 0 aromatic heterocycles. The molecule has 0 bridgehead atoms. The van der Waals surface area contributed by atoms with Crippen LogP contribution in [0.25, 0.3) is 0 Å².